The zero-order valence-corrected chi connectivity index (χ0v) is 4.21. The molecule has 0 saturated carbocycles. The van der Waals surface area contributed by atoms with Crippen LogP contribution >= 0.6 is 0 Å². The molecule has 0 aromatic carbocycles. The molecule has 0 spiro atoms. The number of alkyl halides is 1. The highest BCUT2D eigenvalue weighted by Gasteiger charge is 1.71. The van der Waals surface area contributed by atoms with Gasteiger partial charge < -0.3 is 6.15 Å². The van der Waals surface area contributed by atoms with Crippen LogP contribution in [0.2, 0.25) is 0 Å². The predicted octanol–water partition coefficient (Wildman–Crippen LogP) is 1.92. The van der Waals surface area contributed by atoms with Crippen molar-refractivity contribution in [1.82, 2.24) is 6.15 Å². The third kappa shape index (κ3) is 9.10. The number of halogens is 1. The summed E-state index contributed by atoms with van der Waals surface area (Å²) in [4.78, 5) is 0. The van der Waals surface area contributed by atoms with Crippen molar-refractivity contribution in [2.75, 3.05) is 6.67 Å². The molecule has 0 rings (SSSR count). The molecular weight excluding hydrogens is 81.0 g/mol. The van der Waals surface area contributed by atoms with Crippen LogP contribution in [0.15, 0.2) is 0 Å². The monoisotopic (exact) mass is 93.1 g/mol. The van der Waals surface area contributed by atoms with Crippen molar-refractivity contribution in [3.8, 4) is 0 Å². The molecule has 1 nitrogen and oxygen atoms in total. The van der Waals surface area contributed by atoms with Gasteiger partial charge >= 0.3 is 0 Å². The van der Waals surface area contributed by atoms with E-state index in [4.69, 9.17) is 0 Å². The molecule has 0 aliphatic heterocycles. The maximum atomic E-state index is 11.0. The van der Waals surface area contributed by atoms with Crippen LogP contribution in [0.25, 0.3) is 0 Å². The molecule has 0 aromatic rings. The van der Waals surface area contributed by atoms with Gasteiger partial charge in [-0.15, -0.1) is 0 Å². The van der Waals surface area contributed by atoms with Crippen LogP contribution in [0.4, 0.5) is 4.39 Å². The van der Waals surface area contributed by atoms with Crippen LogP contribution in [0, 0.1) is 0 Å². The summed E-state index contributed by atoms with van der Waals surface area (Å²) in [5.41, 5.74) is 0. The van der Waals surface area contributed by atoms with E-state index >= 15 is 0 Å². The Bertz CT molecular complexity index is 15.0. The van der Waals surface area contributed by atoms with Gasteiger partial charge in [0, 0.05) is 0 Å². The van der Waals surface area contributed by atoms with Crippen LogP contribution < -0.4 is 6.15 Å². The second kappa shape index (κ2) is 8.86. The number of unbranched alkanes of at least 4 members (excludes halogenated alkanes) is 1. The average molecular weight is 93.1 g/mol. The highest BCUT2D eigenvalue weighted by Crippen LogP contribution is 1.83. The first-order chi connectivity index (χ1) is 2.41. The van der Waals surface area contributed by atoms with E-state index in [0.717, 1.165) is 12.8 Å². The standard InChI is InChI=1S/C4H9F.H3N/c1-2-3-4-5;/h2-4H2,1H3;1H3. The molecular formula is C4H12FN. The van der Waals surface area contributed by atoms with Crippen molar-refractivity contribution >= 4 is 0 Å². The Morgan fingerprint density at radius 1 is 1.50 bits per heavy atom. The van der Waals surface area contributed by atoms with Crippen LogP contribution in [0.3, 0.4) is 0 Å². The van der Waals surface area contributed by atoms with Crippen LogP contribution in [0.5, 0.6) is 0 Å². The maximum Gasteiger partial charge on any atom is 0.0894 e. The minimum atomic E-state index is -0.156. The van der Waals surface area contributed by atoms with Crippen molar-refractivity contribution in [1.29, 1.82) is 0 Å². The van der Waals surface area contributed by atoms with Gasteiger partial charge in [-0.05, 0) is 6.42 Å². The van der Waals surface area contributed by atoms with E-state index in [1.807, 2.05) is 6.92 Å². The molecule has 0 aliphatic rings. The molecule has 40 valence electrons. The maximum absolute atomic E-state index is 11.0. The van der Waals surface area contributed by atoms with Gasteiger partial charge in [-0.25, -0.2) is 0 Å². The number of hydrogen-bond acceptors (Lipinski definition) is 1. The van der Waals surface area contributed by atoms with Crippen molar-refractivity contribution in [2.24, 2.45) is 0 Å². The minimum Gasteiger partial charge on any atom is -0.344 e. The average Bonchev–Trinajstić information content (AvgIpc) is 1.41. The fraction of sp³-hybridized carbons (Fsp3) is 1.00. The second-order valence-electron chi connectivity index (χ2n) is 1.04. The first-order valence-electron chi connectivity index (χ1n) is 1.97. The molecule has 0 saturated heterocycles. The zero-order chi connectivity index (χ0) is 4.12. The minimum absolute atomic E-state index is 0. The molecule has 2 heteroatoms. The molecule has 0 fully saturated rings. The van der Waals surface area contributed by atoms with Crippen LogP contribution in [-0.2, 0) is 0 Å². The van der Waals surface area contributed by atoms with E-state index < -0.39 is 0 Å². The molecule has 0 heterocycles. The Hall–Kier alpha value is -0.110. The SMILES string of the molecule is CCCCF.N. The smallest absolute Gasteiger partial charge is 0.0894 e. The van der Waals surface area contributed by atoms with Crippen LogP contribution in [0.1, 0.15) is 19.8 Å². The summed E-state index contributed by atoms with van der Waals surface area (Å²) in [5.74, 6) is 0. The van der Waals surface area contributed by atoms with Gasteiger partial charge in [-0.3, -0.25) is 4.39 Å². The van der Waals surface area contributed by atoms with Crippen molar-refractivity contribution in [3.63, 3.8) is 0 Å². The normalized spacial score (nSPS) is 7.00. The molecule has 0 bridgehead atoms. The van der Waals surface area contributed by atoms with E-state index in [1.54, 1.807) is 0 Å². The lowest BCUT2D eigenvalue weighted by molar-refractivity contribution is 0.469. The van der Waals surface area contributed by atoms with E-state index in [9.17, 15) is 4.39 Å². The summed E-state index contributed by atoms with van der Waals surface area (Å²) in [6.07, 6.45) is 1.69. The highest BCUT2D eigenvalue weighted by atomic mass is 19.1. The van der Waals surface area contributed by atoms with Gasteiger partial charge in [0.15, 0.2) is 0 Å². The Morgan fingerprint density at radius 3 is 2.00 bits per heavy atom. The second-order valence-corrected chi connectivity index (χ2v) is 1.04. The lowest BCUT2D eigenvalue weighted by atomic mass is 10.4. The van der Waals surface area contributed by atoms with Crippen molar-refractivity contribution in [2.45, 2.75) is 19.8 Å². The van der Waals surface area contributed by atoms with Gasteiger partial charge in [0.1, 0.15) is 0 Å². The number of rotatable bonds is 2. The van der Waals surface area contributed by atoms with Gasteiger partial charge in [0.25, 0.3) is 0 Å². The molecule has 6 heavy (non-hydrogen) atoms. The summed E-state index contributed by atoms with van der Waals surface area (Å²) in [7, 11) is 0. The van der Waals surface area contributed by atoms with Gasteiger partial charge in [0.05, 0.1) is 6.67 Å². The third-order valence-electron chi connectivity index (χ3n) is 0.487. The van der Waals surface area contributed by atoms with E-state index in [2.05, 4.69) is 0 Å². The van der Waals surface area contributed by atoms with E-state index in [-0.39, 0.29) is 12.8 Å². The van der Waals surface area contributed by atoms with E-state index in [1.165, 1.54) is 0 Å². The topological polar surface area (TPSA) is 35.0 Å². The van der Waals surface area contributed by atoms with Crippen molar-refractivity contribution in [3.05, 3.63) is 0 Å². The summed E-state index contributed by atoms with van der Waals surface area (Å²) in [6.45, 7) is 1.82. The van der Waals surface area contributed by atoms with Gasteiger partial charge in [-0.2, -0.15) is 0 Å². The Morgan fingerprint density at radius 2 is 2.00 bits per heavy atom. The fourth-order valence-electron chi connectivity index (χ4n) is 0.134. The largest absolute Gasteiger partial charge is 0.344 e. The summed E-state index contributed by atoms with van der Waals surface area (Å²) in [6, 6.07) is 0. The fourth-order valence-corrected chi connectivity index (χ4v) is 0.134. The molecule has 0 amide bonds. The lowest BCUT2D eigenvalue weighted by Crippen LogP contribution is -1.67. The Labute approximate surface area is 38.1 Å². The van der Waals surface area contributed by atoms with Gasteiger partial charge in [0.2, 0.25) is 0 Å². The zero-order valence-electron chi connectivity index (χ0n) is 4.21. The molecule has 0 atom stereocenters. The molecule has 0 radical (unpaired) electrons. The first kappa shape index (κ1) is 9.31. The summed E-state index contributed by atoms with van der Waals surface area (Å²) < 4.78 is 11.0. The Balaban J connectivity index is 0. The molecule has 3 N–H and O–H groups in total. The third-order valence-corrected chi connectivity index (χ3v) is 0.487. The Kier molecular flexibility index (Phi) is 13.7. The lowest BCUT2D eigenvalue weighted by Gasteiger charge is -1.76. The first-order valence-corrected chi connectivity index (χ1v) is 1.97. The molecule has 0 unspecified atom stereocenters. The van der Waals surface area contributed by atoms with Crippen LogP contribution in [-0.4, -0.2) is 6.67 Å². The van der Waals surface area contributed by atoms with Gasteiger partial charge in [-0.1, -0.05) is 13.3 Å². The highest BCUT2D eigenvalue weighted by molar-refractivity contribution is 4.23. The summed E-state index contributed by atoms with van der Waals surface area (Å²) >= 11 is 0. The number of hydrogen-bond donors (Lipinski definition) is 1. The molecule has 0 aliphatic carbocycles. The predicted molar refractivity (Wildman–Crippen MR) is 25.9 cm³/mol. The van der Waals surface area contributed by atoms with E-state index in [0.29, 0.717) is 0 Å². The summed E-state index contributed by atoms with van der Waals surface area (Å²) in [5, 5.41) is 0. The molecule has 0 aromatic heterocycles. The van der Waals surface area contributed by atoms with Crippen molar-refractivity contribution < 1.29 is 4.39 Å². The quantitative estimate of drug-likeness (QED) is 0.556.